The first-order valence-corrected chi connectivity index (χ1v) is 10.8. The highest BCUT2D eigenvalue weighted by atomic mass is 16.5. The first-order valence-electron chi connectivity index (χ1n) is 10.8. The molecule has 6 rings (SSSR count). The molecule has 160 valence electrons. The molecule has 1 aromatic heterocycles. The number of rotatable bonds is 4. The molecule has 0 saturated carbocycles. The monoisotopic (exact) mass is 418 g/mol. The van der Waals surface area contributed by atoms with Crippen LogP contribution in [0.3, 0.4) is 0 Å². The fourth-order valence-corrected chi connectivity index (χ4v) is 4.72. The smallest absolute Gasteiger partial charge is 0.216 e. The van der Waals surface area contributed by atoms with Crippen LogP contribution in [0.2, 0.25) is 0 Å². The van der Waals surface area contributed by atoms with E-state index in [-0.39, 0.29) is 6.17 Å². The Kier molecular flexibility index (Phi) is 4.54. The first kappa shape index (κ1) is 18.7. The maximum absolute atomic E-state index is 5.85. The number of aromatic nitrogens is 2. The lowest BCUT2D eigenvalue weighted by Gasteiger charge is -2.42. The van der Waals surface area contributed by atoms with Crippen LogP contribution >= 0.6 is 0 Å². The van der Waals surface area contributed by atoms with E-state index in [9.17, 15) is 0 Å². The quantitative estimate of drug-likeness (QED) is 0.703. The average Bonchev–Trinajstić information content (AvgIpc) is 3.47. The summed E-state index contributed by atoms with van der Waals surface area (Å²) >= 11 is 0. The number of hydrogen-bond acceptors (Lipinski definition) is 7. The van der Waals surface area contributed by atoms with E-state index in [4.69, 9.17) is 19.5 Å². The number of imidazole rings is 1. The van der Waals surface area contributed by atoms with Gasteiger partial charge in [0.2, 0.25) is 11.9 Å². The summed E-state index contributed by atoms with van der Waals surface area (Å²) in [6, 6.07) is 16.5. The minimum Gasteiger partial charge on any atom is -0.497 e. The molecule has 1 fully saturated rings. The van der Waals surface area contributed by atoms with Crippen LogP contribution in [0, 0.1) is 0 Å². The van der Waals surface area contributed by atoms with Gasteiger partial charge in [0.05, 0.1) is 37.6 Å². The van der Waals surface area contributed by atoms with Gasteiger partial charge in [-0.1, -0.05) is 24.3 Å². The Morgan fingerprint density at radius 1 is 1.16 bits per heavy atom. The molecule has 31 heavy (non-hydrogen) atoms. The highest BCUT2D eigenvalue weighted by molar-refractivity contribution is 5.98. The molecule has 2 aromatic carbocycles. The van der Waals surface area contributed by atoms with E-state index in [0.29, 0.717) is 12.8 Å². The molecule has 8 heteroatoms. The molecule has 0 radical (unpaired) electrons. The van der Waals surface area contributed by atoms with Crippen molar-refractivity contribution < 1.29 is 9.47 Å². The second-order valence-corrected chi connectivity index (χ2v) is 8.27. The lowest BCUT2D eigenvalue weighted by atomic mass is 10.1. The maximum atomic E-state index is 5.85. The summed E-state index contributed by atoms with van der Waals surface area (Å²) in [5.74, 6) is 2.63. The zero-order chi connectivity index (χ0) is 20.8. The predicted octanol–water partition coefficient (Wildman–Crippen LogP) is 2.77. The molecule has 3 aromatic rings. The van der Waals surface area contributed by atoms with Crippen LogP contribution in [0.4, 0.5) is 5.95 Å². The van der Waals surface area contributed by atoms with Crippen molar-refractivity contribution in [2.75, 3.05) is 38.5 Å². The van der Waals surface area contributed by atoms with Crippen LogP contribution in [0.1, 0.15) is 24.6 Å². The average molecular weight is 419 g/mol. The lowest BCUT2D eigenvalue weighted by Crippen LogP contribution is -2.58. The molecule has 2 atom stereocenters. The lowest BCUT2D eigenvalue weighted by molar-refractivity contribution is 0.0732. The predicted molar refractivity (Wildman–Crippen MR) is 119 cm³/mol. The zero-order valence-electron chi connectivity index (χ0n) is 17.6. The molecule has 0 amide bonds. The maximum Gasteiger partial charge on any atom is 0.216 e. The Labute approximate surface area is 181 Å². The standard InChI is InChI=1S/C23H26N6O2/c1-30-17-10-8-16(9-11-17)21-26-22-24-14-27(13-18-5-4-12-31-18)15-28(22)23-25-19-6-2-3-7-20(19)29(21)23/h2-3,6-11,18,21H,4-5,12-15H2,1H3,(H,24,26). The van der Waals surface area contributed by atoms with Crippen LogP contribution < -0.4 is 15.0 Å². The summed E-state index contributed by atoms with van der Waals surface area (Å²) in [5.41, 5.74) is 3.21. The number of hydrogen-bond donors (Lipinski definition) is 1. The van der Waals surface area contributed by atoms with Gasteiger partial charge in [-0.15, -0.1) is 0 Å². The molecule has 1 saturated heterocycles. The van der Waals surface area contributed by atoms with Gasteiger partial charge in [0.15, 0.2) is 0 Å². The van der Waals surface area contributed by atoms with Crippen molar-refractivity contribution in [2.24, 2.45) is 4.99 Å². The van der Waals surface area contributed by atoms with E-state index in [0.717, 1.165) is 66.9 Å². The fraction of sp³-hybridized carbons (Fsp3) is 0.391. The van der Waals surface area contributed by atoms with Gasteiger partial charge in [-0.05, 0) is 42.7 Å². The summed E-state index contributed by atoms with van der Waals surface area (Å²) in [6.07, 6.45) is 2.49. The Balaban J connectivity index is 1.39. The Hall–Kier alpha value is -3.10. The van der Waals surface area contributed by atoms with Crippen molar-refractivity contribution in [3.05, 3.63) is 54.1 Å². The highest BCUT2D eigenvalue weighted by Gasteiger charge is 2.36. The summed E-state index contributed by atoms with van der Waals surface area (Å²) in [7, 11) is 1.69. The number of fused-ring (bicyclic) bond motifs is 5. The van der Waals surface area contributed by atoms with Gasteiger partial charge in [-0.3, -0.25) is 14.4 Å². The highest BCUT2D eigenvalue weighted by Crippen LogP contribution is 2.34. The van der Waals surface area contributed by atoms with Crippen LogP contribution in [0.5, 0.6) is 5.75 Å². The van der Waals surface area contributed by atoms with Crippen LogP contribution in [-0.2, 0) is 4.74 Å². The third-order valence-electron chi connectivity index (χ3n) is 6.28. The van der Waals surface area contributed by atoms with E-state index in [1.54, 1.807) is 7.11 Å². The molecule has 1 N–H and O–H groups in total. The van der Waals surface area contributed by atoms with E-state index in [1.165, 1.54) is 0 Å². The van der Waals surface area contributed by atoms with Crippen molar-refractivity contribution >= 4 is 22.9 Å². The molecule has 3 aliphatic rings. The number of nitrogens with zero attached hydrogens (tertiary/aromatic N) is 5. The normalized spacial score (nSPS) is 23.3. The molecule has 0 spiro atoms. The van der Waals surface area contributed by atoms with Crippen LogP contribution in [-0.4, -0.2) is 60.1 Å². The Bertz CT molecular complexity index is 1120. The first-order chi connectivity index (χ1) is 15.3. The number of para-hydroxylation sites is 2. The van der Waals surface area contributed by atoms with Gasteiger partial charge < -0.3 is 14.8 Å². The van der Waals surface area contributed by atoms with Gasteiger partial charge in [0, 0.05) is 13.2 Å². The molecule has 3 aliphatic heterocycles. The summed E-state index contributed by atoms with van der Waals surface area (Å²) in [6.45, 7) is 3.17. The van der Waals surface area contributed by atoms with Gasteiger partial charge in [-0.25, -0.2) is 9.98 Å². The number of benzene rings is 2. The van der Waals surface area contributed by atoms with E-state index < -0.39 is 0 Å². The second kappa shape index (κ2) is 7.55. The fourth-order valence-electron chi connectivity index (χ4n) is 4.72. The number of aliphatic imine (C=N–C) groups is 1. The number of nitrogens with one attached hydrogen (secondary N) is 1. The number of guanidine groups is 1. The SMILES string of the molecule is COc1ccc(C2NC3=NCN(CC4CCCO4)CN3c3nc4ccccc4n32)cc1. The van der Waals surface area contributed by atoms with Gasteiger partial charge in [-0.2, -0.15) is 0 Å². The molecule has 4 heterocycles. The van der Waals surface area contributed by atoms with E-state index in [1.807, 2.05) is 18.2 Å². The third-order valence-corrected chi connectivity index (χ3v) is 6.28. The minimum atomic E-state index is -0.0898. The topological polar surface area (TPSA) is 67.2 Å². The summed E-state index contributed by atoms with van der Waals surface area (Å²) < 4.78 is 13.5. The largest absolute Gasteiger partial charge is 0.497 e. The molecule has 8 nitrogen and oxygen atoms in total. The number of anilines is 1. The molecule has 0 bridgehead atoms. The van der Waals surface area contributed by atoms with Crippen molar-refractivity contribution in [2.45, 2.75) is 25.1 Å². The van der Waals surface area contributed by atoms with Crippen LogP contribution in [0.15, 0.2) is 53.5 Å². The van der Waals surface area contributed by atoms with E-state index in [2.05, 4.69) is 50.0 Å². The van der Waals surface area contributed by atoms with Crippen LogP contribution in [0.25, 0.3) is 11.0 Å². The van der Waals surface area contributed by atoms with Gasteiger partial charge in [0.25, 0.3) is 0 Å². The minimum absolute atomic E-state index is 0.0898. The van der Waals surface area contributed by atoms with Crippen molar-refractivity contribution in [1.82, 2.24) is 19.8 Å². The molecule has 0 aliphatic carbocycles. The zero-order valence-corrected chi connectivity index (χ0v) is 17.6. The van der Waals surface area contributed by atoms with Gasteiger partial charge >= 0.3 is 0 Å². The Morgan fingerprint density at radius 2 is 2.03 bits per heavy atom. The molecule has 2 unspecified atom stereocenters. The van der Waals surface area contributed by atoms with Crippen molar-refractivity contribution in [1.29, 1.82) is 0 Å². The van der Waals surface area contributed by atoms with E-state index >= 15 is 0 Å². The summed E-state index contributed by atoms with van der Waals surface area (Å²) in [5, 5.41) is 3.66. The molecular formula is C23H26N6O2. The van der Waals surface area contributed by atoms with Gasteiger partial charge in [0.1, 0.15) is 11.9 Å². The number of methoxy groups -OCH3 is 1. The van der Waals surface area contributed by atoms with Crippen molar-refractivity contribution in [3.63, 3.8) is 0 Å². The second-order valence-electron chi connectivity index (χ2n) is 8.27. The van der Waals surface area contributed by atoms with Crippen molar-refractivity contribution in [3.8, 4) is 5.75 Å². The Morgan fingerprint density at radius 3 is 2.84 bits per heavy atom. The molecular weight excluding hydrogens is 392 g/mol. The summed E-state index contributed by atoms with van der Waals surface area (Å²) in [4.78, 5) is 14.4. The number of ether oxygens (including phenoxy) is 2. The third kappa shape index (κ3) is 3.23.